The standard InChI is InChI=1S/C10H5BrClNO2/c11-7-3-1-2-5-6(7)4-13-9(12)8(5)10(14)15/h1-4H,(H,14,15). The number of aromatic carboxylic acids is 1. The van der Waals surface area contributed by atoms with Gasteiger partial charge in [0, 0.05) is 21.4 Å². The van der Waals surface area contributed by atoms with Crippen LogP contribution >= 0.6 is 27.5 Å². The fourth-order valence-corrected chi connectivity index (χ4v) is 2.09. The number of carboxylic acids is 1. The van der Waals surface area contributed by atoms with Crippen LogP contribution in [0.2, 0.25) is 5.15 Å². The lowest BCUT2D eigenvalue weighted by atomic mass is 10.1. The summed E-state index contributed by atoms with van der Waals surface area (Å²) in [4.78, 5) is 14.9. The summed E-state index contributed by atoms with van der Waals surface area (Å²) in [6.45, 7) is 0. The molecule has 2 aromatic rings. The minimum atomic E-state index is -1.07. The lowest BCUT2D eigenvalue weighted by molar-refractivity contribution is 0.0699. The number of rotatable bonds is 1. The van der Waals surface area contributed by atoms with E-state index in [0.29, 0.717) is 5.39 Å². The second kappa shape index (κ2) is 3.79. The Morgan fingerprint density at radius 2 is 2.13 bits per heavy atom. The number of hydrogen-bond acceptors (Lipinski definition) is 2. The number of carboxylic acid groups (broad SMARTS) is 1. The van der Waals surface area contributed by atoms with Gasteiger partial charge in [0.2, 0.25) is 0 Å². The summed E-state index contributed by atoms with van der Waals surface area (Å²) in [5, 5.41) is 10.3. The summed E-state index contributed by atoms with van der Waals surface area (Å²) in [5.41, 5.74) is 0.0375. The molecule has 0 saturated carbocycles. The molecule has 1 N–H and O–H groups in total. The van der Waals surface area contributed by atoms with Crippen LogP contribution in [0.25, 0.3) is 10.8 Å². The van der Waals surface area contributed by atoms with Gasteiger partial charge in [-0.2, -0.15) is 0 Å². The molecule has 0 aliphatic heterocycles. The zero-order chi connectivity index (χ0) is 11.0. The third kappa shape index (κ3) is 1.70. The maximum atomic E-state index is 11.0. The van der Waals surface area contributed by atoms with Gasteiger partial charge in [0.25, 0.3) is 0 Å². The Kier molecular flexibility index (Phi) is 2.63. The number of aromatic nitrogens is 1. The van der Waals surface area contributed by atoms with E-state index in [0.717, 1.165) is 9.86 Å². The highest BCUT2D eigenvalue weighted by Gasteiger charge is 2.15. The Bertz CT molecular complexity index is 556. The third-order valence-electron chi connectivity index (χ3n) is 2.05. The smallest absolute Gasteiger partial charge is 0.339 e. The Morgan fingerprint density at radius 1 is 1.40 bits per heavy atom. The van der Waals surface area contributed by atoms with E-state index >= 15 is 0 Å². The quantitative estimate of drug-likeness (QED) is 0.818. The van der Waals surface area contributed by atoms with Gasteiger partial charge < -0.3 is 5.11 Å². The first-order valence-electron chi connectivity index (χ1n) is 4.07. The molecular weight excluding hydrogens is 281 g/mol. The van der Waals surface area contributed by atoms with Crippen molar-refractivity contribution in [3.05, 3.63) is 39.6 Å². The highest BCUT2D eigenvalue weighted by Crippen LogP contribution is 2.28. The van der Waals surface area contributed by atoms with E-state index < -0.39 is 5.97 Å². The van der Waals surface area contributed by atoms with Gasteiger partial charge >= 0.3 is 5.97 Å². The molecule has 3 nitrogen and oxygen atoms in total. The maximum Gasteiger partial charge on any atom is 0.339 e. The second-order valence-electron chi connectivity index (χ2n) is 2.93. The summed E-state index contributed by atoms with van der Waals surface area (Å²) in [6, 6.07) is 5.29. The van der Waals surface area contributed by atoms with Crippen LogP contribution in [0.4, 0.5) is 0 Å². The topological polar surface area (TPSA) is 50.2 Å². The van der Waals surface area contributed by atoms with Crippen LogP contribution < -0.4 is 0 Å². The van der Waals surface area contributed by atoms with Gasteiger partial charge in [0.1, 0.15) is 10.7 Å². The van der Waals surface area contributed by atoms with Crippen molar-refractivity contribution in [2.75, 3.05) is 0 Å². The predicted octanol–water partition coefficient (Wildman–Crippen LogP) is 3.35. The average Bonchev–Trinajstić information content (AvgIpc) is 2.17. The molecule has 0 bridgehead atoms. The van der Waals surface area contributed by atoms with Crippen molar-refractivity contribution in [2.24, 2.45) is 0 Å². The van der Waals surface area contributed by atoms with E-state index in [1.165, 1.54) is 0 Å². The molecular formula is C10H5BrClNO2. The molecule has 76 valence electrons. The van der Waals surface area contributed by atoms with Gasteiger partial charge in [-0.05, 0) is 6.07 Å². The van der Waals surface area contributed by atoms with Crippen molar-refractivity contribution in [1.29, 1.82) is 0 Å². The zero-order valence-electron chi connectivity index (χ0n) is 7.37. The van der Waals surface area contributed by atoms with Gasteiger partial charge in [-0.3, -0.25) is 0 Å². The lowest BCUT2D eigenvalue weighted by Crippen LogP contribution is -2.00. The summed E-state index contributed by atoms with van der Waals surface area (Å²) in [7, 11) is 0. The largest absolute Gasteiger partial charge is 0.478 e. The fraction of sp³-hybridized carbons (Fsp3) is 0. The van der Waals surface area contributed by atoms with E-state index in [9.17, 15) is 4.79 Å². The Balaban J connectivity index is 2.94. The molecule has 0 atom stereocenters. The number of halogens is 2. The Labute approximate surface area is 98.8 Å². The summed E-state index contributed by atoms with van der Waals surface area (Å²) >= 11 is 9.07. The monoisotopic (exact) mass is 285 g/mol. The SMILES string of the molecule is O=C(O)c1c(Cl)ncc2c(Br)cccc12. The van der Waals surface area contributed by atoms with Crippen LogP contribution in [-0.4, -0.2) is 16.1 Å². The summed E-state index contributed by atoms with van der Waals surface area (Å²) in [5.74, 6) is -1.07. The highest BCUT2D eigenvalue weighted by atomic mass is 79.9. The van der Waals surface area contributed by atoms with Crippen molar-refractivity contribution in [1.82, 2.24) is 4.98 Å². The molecule has 1 aromatic heterocycles. The van der Waals surface area contributed by atoms with E-state index in [1.54, 1.807) is 18.3 Å². The molecule has 2 rings (SSSR count). The first-order valence-corrected chi connectivity index (χ1v) is 5.24. The van der Waals surface area contributed by atoms with Crippen molar-refractivity contribution in [2.45, 2.75) is 0 Å². The van der Waals surface area contributed by atoms with E-state index in [1.807, 2.05) is 6.07 Å². The molecule has 0 aliphatic carbocycles. The van der Waals surface area contributed by atoms with E-state index in [4.69, 9.17) is 16.7 Å². The molecule has 0 spiro atoms. The van der Waals surface area contributed by atoms with Crippen molar-refractivity contribution in [3.8, 4) is 0 Å². The number of fused-ring (bicyclic) bond motifs is 1. The fourth-order valence-electron chi connectivity index (χ4n) is 1.39. The molecule has 1 heterocycles. The van der Waals surface area contributed by atoms with Crippen LogP contribution in [-0.2, 0) is 0 Å². The van der Waals surface area contributed by atoms with Crippen LogP contribution in [0, 0.1) is 0 Å². The molecule has 0 aliphatic rings. The van der Waals surface area contributed by atoms with Crippen LogP contribution in [0.3, 0.4) is 0 Å². The second-order valence-corrected chi connectivity index (χ2v) is 4.14. The normalized spacial score (nSPS) is 10.5. The van der Waals surface area contributed by atoms with Crippen molar-refractivity contribution >= 4 is 44.3 Å². The van der Waals surface area contributed by atoms with Crippen molar-refractivity contribution in [3.63, 3.8) is 0 Å². The van der Waals surface area contributed by atoms with Crippen molar-refractivity contribution < 1.29 is 9.90 Å². The first-order chi connectivity index (χ1) is 7.11. The lowest BCUT2D eigenvalue weighted by Gasteiger charge is -2.04. The number of benzene rings is 1. The molecule has 1 aromatic carbocycles. The number of carbonyl (C=O) groups is 1. The number of hydrogen-bond donors (Lipinski definition) is 1. The van der Waals surface area contributed by atoms with E-state index in [2.05, 4.69) is 20.9 Å². The van der Waals surface area contributed by atoms with E-state index in [-0.39, 0.29) is 10.7 Å². The van der Waals surface area contributed by atoms with Crippen LogP contribution in [0.15, 0.2) is 28.9 Å². The Morgan fingerprint density at radius 3 is 2.80 bits per heavy atom. The Hall–Kier alpha value is -1.13. The highest BCUT2D eigenvalue weighted by molar-refractivity contribution is 9.10. The molecule has 5 heteroatoms. The van der Waals surface area contributed by atoms with Gasteiger partial charge in [0.05, 0.1) is 0 Å². The molecule has 0 fully saturated rings. The minimum absolute atomic E-state index is 0.00750. The maximum absolute atomic E-state index is 11.0. The molecule has 0 amide bonds. The minimum Gasteiger partial charge on any atom is -0.478 e. The number of pyridine rings is 1. The first kappa shape index (κ1) is 10.4. The summed E-state index contributed by atoms with van der Waals surface area (Å²) < 4.78 is 0.798. The third-order valence-corrected chi connectivity index (χ3v) is 3.03. The molecule has 0 saturated heterocycles. The number of nitrogens with zero attached hydrogens (tertiary/aromatic N) is 1. The van der Waals surface area contributed by atoms with Gasteiger partial charge in [0.15, 0.2) is 0 Å². The molecule has 0 radical (unpaired) electrons. The van der Waals surface area contributed by atoms with Gasteiger partial charge in [-0.25, -0.2) is 9.78 Å². The predicted molar refractivity (Wildman–Crippen MR) is 61.4 cm³/mol. The molecule has 15 heavy (non-hydrogen) atoms. The van der Waals surface area contributed by atoms with Crippen LogP contribution in [0.5, 0.6) is 0 Å². The average molecular weight is 287 g/mol. The van der Waals surface area contributed by atoms with Gasteiger partial charge in [-0.15, -0.1) is 0 Å². The zero-order valence-corrected chi connectivity index (χ0v) is 9.71. The van der Waals surface area contributed by atoms with Gasteiger partial charge in [-0.1, -0.05) is 39.7 Å². The summed E-state index contributed by atoms with van der Waals surface area (Å²) in [6.07, 6.45) is 1.55. The van der Waals surface area contributed by atoms with Crippen LogP contribution in [0.1, 0.15) is 10.4 Å². The molecule has 0 unspecified atom stereocenters.